The SMILES string of the molecule is c1nnnn1CNC1CCCC1. The van der Waals surface area contributed by atoms with E-state index >= 15 is 0 Å². The lowest BCUT2D eigenvalue weighted by molar-refractivity contribution is 0.428. The van der Waals surface area contributed by atoms with Gasteiger partial charge in [0.15, 0.2) is 0 Å². The molecule has 2 rings (SSSR count). The lowest BCUT2D eigenvalue weighted by Crippen LogP contribution is -2.28. The Labute approximate surface area is 71.1 Å². The average molecular weight is 167 g/mol. The molecule has 0 spiro atoms. The normalized spacial score (nSPS) is 18.7. The molecule has 12 heavy (non-hydrogen) atoms. The number of rotatable bonds is 3. The van der Waals surface area contributed by atoms with Gasteiger partial charge < -0.3 is 0 Å². The first-order chi connectivity index (χ1) is 5.95. The molecule has 0 atom stereocenters. The van der Waals surface area contributed by atoms with Crippen molar-refractivity contribution in [2.45, 2.75) is 38.4 Å². The van der Waals surface area contributed by atoms with Gasteiger partial charge in [0.1, 0.15) is 6.33 Å². The molecule has 66 valence electrons. The number of hydrogen-bond donors (Lipinski definition) is 1. The van der Waals surface area contributed by atoms with Crippen molar-refractivity contribution in [1.29, 1.82) is 0 Å². The molecule has 1 fully saturated rings. The van der Waals surface area contributed by atoms with E-state index < -0.39 is 0 Å². The smallest absolute Gasteiger partial charge is 0.139 e. The monoisotopic (exact) mass is 167 g/mol. The Hall–Kier alpha value is -0.970. The largest absolute Gasteiger partial charge is 0.295 e. The summed E-state index contributed by atoms with van der Waals surface area (Å²) in [6, 6.07) is 0.675. The molecule has 1 aliphatic carbocycles. The summed E-state index contributed by atoms with van der Waals surface area (Å²) in [5.74, 6) is 0. The topological polar surface area (TPSA) is 55.6 Å². The molecular formula is C7H13N5. The molecule has 0 bridgehead atoms. The molecular weight excluding hydrogens is 154 g/mol. The van der Waals surface area contributed by atoms with E-state index in [1.54, 1.807) is 11.0 Å². The van der Waals surface area contributed by atoms with Gasteiger partial charge in [-0.3, -0.25) is 5.32 Å². The second kappa shape index (κ2) is 3.62. The summed E-state index contributed by atoms with van der Waals surface area (Å²) in [6.45, 7) is 0.734. The van der Waals surface area contributed by atoms with Gasteiger partial charge in [0.2, 0.25) is 0 Å². The lowest BCUT2D eigenvalue weighted by atomic mass is 10.3. The van der Waals surface area contributed by atoms with Gasteiger partial charge in [0, 0.05) is 6.04 Å². The van der Waals surface area contributed by atoms with Crippen molar-refractivity contribution < 1.29 is 0 Å². The Balaban J connectivity index is 1.74. The molecule has 0 aromatic carbocycles. The van der Waals surface area contributed by atoms with Crippen LogP contribution in [0.4, 0.5) is 0 Å². The summed E-state index contributed by atoms with van der Waals surface area (Å²) in [5, 5.41) is 14.3. The molecule has 0 amide bonds. The highest BCUT2D eigenvalue weighted by molar-refractivity contribution is 4.71. The summed E-state index contributed by atoms with van der Waals surface area (Å²) >= 11 is 0. The quantitative estimate of drug-likeness (QED) is 0.697. The van der Waals surface area contributed by atoms with Crippen LogP contribution in [0.2, 0.25) is 0 Å². The highest BCUT2D eigenvalue weighted by atomic mass is 15.5. The third-order valence-corrected chi connectivity index (χ3v) is 2.29. The zero-order chi connectivity index (χ0) is 8.23. The number of nitrogens with one attached hydrogen (secondary N) is 1. The maximum absolute atomic E-state index is 3.77. The van der Waals surface area contributed by atoms with Crippen LogP contribution in [0.5, 0.6) is 0 Å². The third-order valence-electron chi connectivity index (χ3n) is 2.29. The van der Waals surface area contributed by atoms with Crippen LogP contribution in [0, 0.1) is 0 Å². The lowest BCUT2D eigenvalue weighted by Gasteiger charge is -2.09. The van der Waals surface area contributed by atoms with Crippen LogP contribution in [0.1, 0.15) is 25.7 Å². The van der Waals surface area contributed by atoms with Crippen LogP contribution in [0.15, 0.2) is 6.33 Å². The van der Waals surface area contributed by atoms with Crippen molar-refractivity contribution in [3.8, 4) is 0 Å². The second-order valence-electron chi connectivity index (χ2n) is 3.19. The summed E-state index contributed by atoms with van der Waals surface area (Å²) in [7, 11) is 0. The van der Waals surface area contributed by atoms with Gasteiger partial charge in [-0.25, -0.2) is 4.68 Å². The molecule has 0 saturated heterocycles. The minimum atomic E-state index is 0.675. The molecule has 0 unspecified atom stereocenters. The van der Waals surface area contributed by atoms with E-state index in [4.69, 9.17) is 0 Å². The van der Waals surface area contributed by atoms with E-state index in [1.807, 2.05) is 0 Å². The molecule has 0 aliphatic heterocycles. The van der Waals surface area contributed by atoms with Crippen LogP contribution in [0.25, 0.3) is 0 Å². The summed E-state index contributed by atoms with van der Waals surface area (Å²) in [5.41, 5.74) is 0. The van der Waals surface area contributed by atoms with Crippen molar-refractivity contribution >= 4 is 0 Å². The number of tetrazole rings is 1. The molecule has 1 aliphatic rings. The number of nitrogens with zero attached hydrogens (tertiary/aromatic N) is 4. The van der Waals surface area contributed by atoms with Crippen molar-refractivity contribution in [1.82, 2.24) is 25.5 Å². The fourth-order valence-electron chi connectivity index (χ4n) is 1.61. The first-order valence-corrected chi connectivity index (χ1v) is 4.39. The van der Waals surface area contributed by atoms with Crippen molar-refractivity contribution in [3.63, 3.8) is 0 Å². The van der Waals surface area contributed by atoms with Gasteiger partial charge in [-0.2, -0.15) is 0 Å². The minimum Gasteiger partial charge on any atom is -0.295 e. The van der Waals surface area contributed by atoms with Crippen LogP contribution in [-0.2, 0) is 6.67 Å². The predicted molar refractivity (Wildman–Crippen MR) is 43.2 cm³/mol. The summed E-state index contributed by atoms with van der Waals surface area (Å²) in [6.07, 6.45) is 6.92. The predicted octanol–water partition coefficient (Wildman–Crippen LogP) is 0.163. The number of hydrogen-bond acceptors (Lipinski definition) is 4. The van der Waals surface area contributed by atoms with Gasteiger partial charge in [-0.15, -0.1) is 5.10 Å². The highest BCUT2D eigenvalue weighted by Gasteiger charge is 2.13. The minimum absolute atomic E-state index is 0.675. The van der Waals surface area contributed by atoms with Crippen LogP contribution in [-0.4, -0.2) is 26.2 Å². The Morgan fingerprint density at radius 2 is 2.25 bits per heavy atom. The van der Waals surface area contributed by atoms with E-state index in [2.05, 4.69) is 20.8 Å². The zero-order valence-corrected chi connectivity index (χ0v) is 6.98. The zero-order valence-electron chi connectivity index (χ0n) is 6.98. The van der Waals surface area contributed by atoms with Crippen molar-refractivity contribution in [2.24, 2.45) is 0 Å². The van der Waals surface area contributed by atoms with E-state index in [0.29, 0.717) is 6.04 Å². The van der Waals surface area contributed by atoms with Crippen LogP contribution in [0.3, 0.4) is 0 Å². The van der Waals surface area contributed by atoms with Crippen molar-refractivity contribution in [3.05, 3.63) is 6.33 Å². The van der Waals surface area contributed by atoms with E-state index in [9.17, 15) is 0 Å². The molecule has 1 saturated carbocycles. The molecule has 1 N–H and O–H groups in total. The first kappa shape index (κ1) is 7.67. The van der Waals surface area contributed by atoms with Gasteiger partial charge in [-0.05, 0) is 23.3 Å². The number of aromatic nitrogens is 4. The Bertz CT molecular complexity index is 214. The molecule has 5 nitrogen and oxygen atoms in total. The van der Waals surface area contributed by atoms with Crippen LogP contribution >= 0.6 is 0 Å². The maximum Gasteiger partial charge on any atom is 0.139 e. The Morgan fingerprint density at radius 1 is 1.42 bits per heavy atom. The highest BCUT2D eigenvalue weighted by Crippen LogP contribution is 2.17. The standard InChI is InChI=1S/C7H13N5/c1-2-4-7(3-1)8-5-12-6-9-10-11-12/h6-8H,1-5H2. The van der Waals surface area contributed by atoms with Gasteiger partial charge in [0.05, 0.1) is 6.67 Å². The van der Waals surface area contributed by atoms with Gasteiger partial charge >= 0.3 is 0 Å². The summed E-state index contributed by atoms with van der Waals surface area (Å²) < 4.78 is 1.71. The van der Waals surface area contributed by atoms with Gasteiger partial charge in [-0.1, -0.05) is 12.8 Å². The third kappa shape index (κ3) is 1.79. The Kier molecular flexibility index (Phi) is 2.31. The Morgan fingerprint density at radius 3 is 2.92 bits per heavy atom. The molecule has 1 aromatic rings. The van der Waals surface area contributed by atoms with Gasteiger partial charge in [0.25, 0.3) is 0 Å². The van der Waals surface area contributed by atoms with Crippen LogP contribution < -0.4 is 5.32 Å². The second-order valence-corrected chi connectivity index (χ2v) is 3.19. The molecule has 1 heterocycles. The van der Waals surface area contributed by atoms with E-state index in [0.717, 1.165) is 6.67 Å². The fourth-order valence-corrected chi connectivity index (χ4v) is 1.61. The molecule has 5 heteroatoms. The first-order valence-electron chi connectivity index (χ1n) is 4.39. The molecule has 0 radical (unpaired) electrons. The molecule has 1 aromatic heterocycles. The fraction of sp³-hybridized carbons (Fsp3) is 0.857. The summed E-state index contributed by atoms with van der Waals surface area (Å²) in [4.78, 5) is 0. The van der Waals surface area contributed by atoms with Crippen molar-refractivity contribution in [2.75, 3.05) is 0 Å². The van der Waals surface area contributed by atoms with E-state index in [1.165, 1.54) is 25.7 Å². The van der Waals surface area contributed by atoms with E-state index in [-0.39, 0.29) is 0 Å². The average Bonchev–Trinajstić information content (AvgIpc) is 2.74. The maximum atomic E-state index is 3.77.